The van der Waals surface area contributed by atoms with E-state index in [-0.39, 0.29) is 5.69 Å². The molecule has 2 rings (SSSR count). The molecule has 0 bridgehead atoms. The lowest BCUT2D eigenvalue weighted by molar-refractivity contribution is 0.0593. The number of aromatic nitrogens is 1. The molecule has 0 aliphatic rings. The number of nitrogen functional groups attached to an aromatic ring is 1. The van der Waals surface area contributed by atoms with Crippen LogP contribution in [0.1, 0.15) is 16.1 Å². The first-order valence-electron chi connectivity index (χ1n) is 5.68. The fraction of sp³-hybridized carbons (Fsp3) is 0.143. The Balaban J connectivity index is 2.26. The molecule has 1 aromatic carbocycles. The number of carbonyl (C=O) groups is 1. The molecule has 0 aliphatic carbocycles. The number of nitrogens with zero attached hydrogens (tertiary/aromatic N) is 1. The molecule has 1 aromatic heterocycles. The molecule has 98 valence electrons. The molecule has 2 aromatic rings. The van der Waals surface area contributed by atoms with Crippen molar-refractivity contribution in [2.24, 2.45) is 0 Å². The first-order valence-corrected chi connectivity index (χ1v) is 5.68. The highest BCUT2D eigenvalue weighted by Gasteiger charge is 2.09. The summed E-state index contributed by atoms with van der Waals surface area (Å²) in [7, 11) is 1.30. The van der Waals surface area contributed by atoms with Crippen molar-refractivity contribution < 1.29 is 14.3 Å². The molecule has 0 unspecified atom stereocenters. The van der Waals surface area contributed by atoms with Crippen molar-refractivity contribution in [3.63, 3.8) is 0 Å². The van der Waals surface area contributed by atoms with E-state index < -0.39 is 5.97 Å². The summed E-state index contributed by atoms with van der Waals surface area (Å²) in [6, 6.07) is 8.64. The second-order valence-corrected chi connectivity index (χ2v) is 4.01. The van der Waals surface area contributed by atoms with Crippen molar-refractivity contribution in [2.45, 2.75) is 6.92 Å². The third kappa shape index (κ3) is 3.01. The van der Waals surface area contributed by atoms with Gasteiger partial charge in [0.25, 0.3) is 0 Å². The van der Waals surface area contributed by atoms with Crippen LogP contribution in [0.3, 0.4) is 0 Å². The third-order valence-electron chi connectivity index (χ3n) is 2.52. The number of hydrogen-bond acceptors (Lipinski definition) is 5. The van der Waals surface area contributed by atoms with E-state index in [2.05, 4.69) is 9.72 Å². The zero-order chi connectivity index (χ0) is 13.8. The zero-order valence-corrected chi connectivity index (χ0v) is 10.7. The highest BCUT2D eigenvalue weighted by atomic mass is 16.5. The fourth-order valence-corrected chi connectivity index (χ4v) is 1.58. The molecule has 0 atom stereocenters. The number of rotatable bonds is 3. The molecular formula is C14H14N2O3. The van der Waals surface area contributed by atoms with Crippen molar-refractivity contribution in [2.75, 3.05) is 12.8 Å². The molecule has 19 heavy (non-hydrogen) atoms. The van der Waals surface area contributed by atoms with E-state index >= 15 is 0 Å². The Bertz CT molecular complexity index is 611. The van der Waals surface area contributed by atoms with Crippen molar-refractivity contribution >= 4 is 11.7 Å². The number of esters is 1. The molecule has 0 amide bonds. The zero-order valence-electron chi connectivity index (χ0n) is 10.7. The van der Waals surface area contributed by atoms with Crippen LogP contribution in [0.5, 0.6) is 11.5 Å². The molecule has 0 radical (unpaired) electrons. The van der Waals surface area contributed by atoms with Crippen LogP contribution >= 0.6 is 0 Å². The van der Waals surface area contributed by atoms with Gasteiger partial charge >= 0.3 is 5.97 Å². The van der Waals surface area contributed by atoms with Crippen LogP contribution in [0.15, 0.2) is 36.5 Å². The minimum Gasteiger partial charge on any atom is -0.464 e. The van der Waals surface area contributed by atoms with E-state index in [1.54, 1.807) is 12.1 Å². The van der Waals surface area contributed by atoms with E-state index in [1.807, 2.05) is 19.1 Å². The quantitative estimate of drug-likeness (QED) is 0.676. The molecule has 0 saturated heterocycles. The smallest absolute Gasteiger partial charge is 0.356 e. The molecular weight excluding hydrogens is 244 g/mol. The van der Waals surface area contributed by atoms with Gasteiger partial charge in [0.05, 0.1) is 12.8 Å². The van der Waals surface area contributed by atoms with E-state index in [9.17, 15) is 4.79 Å². The van der Waals surface area contributed by atoms with Crippen LogP contribution in [0, 0.1) is 6.92 Å². The van der Waals surface area contributed by atoms with E-state index in [1.165, 1.54) is 19.4 Å². The number of hydrogen-bond donors (Lipinski definition) is 1. The van der Waals surface area contributed by atoms with Gasteiger partial charge in [-0.3, -0.25) is 0 Å². The van der Waals surface area contributed by atoms with Crippen LogP contribution in [0.2, 0.25) is 0 Å². The lowest BCUT2D eigenvalue weighted by Crippen LogP contribution is -2.04. The SMILES string of the molecule is COC(=O)c1cc(Oc2ccc(C)cc2N)ccn1. The van der Waals surface area contributed by atoms with Gasteiger partial charge in [0, 0.05) is 12.3 Å². The molecule has 0 fully saturated rings. The van der Waals surface area contributed by atoms with Crippen LogP contribution in [0.25, 0.3) is 0 Å². The van der Waals surface area contributed by atoms with Gasteiger partial charge in [0.2, 0.25) is 0 Å². The summed E-state index contributed by atoms with van der Waals surface area (Å²) in [5, 5.41) is 0. The number of pyridine rings is 1. The second-order valence-electron chi connectivity index (χ2n) is 4.01. The Morgan fingerprint density at radius 3 is 2.74 bits per heavy atom. The maximum absolute atomic E-state index is 11.4. The molecule has 5 heteroatoms. The Morgan fingerprint density at radius 1 is 1.26 bits per heavy atom. The van der Waals surface area contributed by atoms with Gasteiger partial charge in [0.1, 0.15) is 11.5 Å². The summed E-state index contributed by atoms with van der Waals surface area (Å²) >= 11 is 0. The Labute approximate surface area is 111 Å². The topological polar surface area (TPSA) is 74.4 Å². The number of ether oxygens (including phenoxy) is 2. The number of carbonyl (C=O) groups excluding carboxylic acids is 1. The van der Waals surface area contributed by atoms with Gasteiger partial charge in [-0.1, -0.05) is 6.07 Å². The van der Waals surface area contributed by atoms with Crippen molar-refractivity contribution in [3.8, 4) is 11.5 Å². The van der Waals surface area contributed by atoms with Gasteiger partial charge in [-0.05, 0) is 30.7 Å². The average molecular weight is 258 g/mol. The maximum Gasteiger partial charge on any atom is 0.356 e. The third-order valence-corrected chi connectivity index (χ3v) is 2.52. The Morgan fingerprint density at radius 2 is 2.05 bits per heavy atom. The largest absolute Gasteiger partial charge is 0.464 e. The van der Waals surface area contributed by atoms with Crippen LogP contribution < -0.4 is 10.5 Å². The number of nitrogens with two attached hydrogens (primary N) is 1. The summed E-state index contributed by atoms with van der Waals surface area (Å²) in [5.74, 6) is 0.501. The van der Waals surface area contributed by atoms with Gasteiger partial charge in [-0.2, -0.15) is 0 Å². The van der Waals surface area contributed by atoms with Gasteiger partial charge in [-0.15, -0.1) is 0 Å². The average Bonchev–Trinajstić information content (AvgIpc) is 2.41. The van der Waals surface area contributed by atoms with Crippen molar-refractivity contribution in [3.05, 3.63) is 47.8 Å². The predicted octanol–water partition coefficient (Wildman–Crippen LogP) is 2.55. The van der Waals surface area contributed by atoms with E-state index in [4.69, 9.17) is 10.5 Å². The Kier molecular flexibility index (Phi) is 3.66. The van der Waals surface area contributed by atoms with Gasteiger partial charge in [0.15, 0.2) is 5.69 Å². The first kappa shape index (κ1) is 12.9. The summed E-state index contributed by atoms with van der Waals surface area (Å²) in [5.41, 5.74) is 7.64. The molecule has 2 N–H and O–H groups in total. The van der Waals surface area contributed by atoms with Gasteiger partial charge < -0.3 is 15.2 Å². The summed E-state index contributed by atoms with van der Waals surface area (Å²) in [6.45, 7) is 1.95. The van der Waals surface area contributed by atoms with Crippen LogP contribution in [-0.2, 0) is 4.74 Å². The normalized spacial score (nSPS) is 10.0. The number of methoxy groups -OCH3 is 1. The summed E-state index contributed by atoms with van der Waals surface area (Å²) in [4.78, 5) is 15.3. The number of aryl methyl sites for hydroxylation is 1. The summed E-state index contributed by atoms with van der Waals surface area (Å²) in [6.07, 6.45) is 1.48. The minimum atomic E-state index is -0.512. The minimum absolute atomic E-state index is 0.186. The lowest BCUT2D eigenvalue weighted by Gasteiger charge is -2.09. The van der Waals surface area contributed by atoms with Crippen LogP contribution in [0.4, 0.5) is 5.69 Å². The number of benzene rings is 1. The first-order chi connectivity index (χ1) is 9.10. The van der Waals surface area contributed by atoms with Gasteiger partial charge in [-0.25, -0.2) is 9.78 Å². The monoisotopic (exact) mass is 258 g/mol. The maximum atomic E-state index is 11.4. The van der Waals surface area contributed by atoms with Crippen LogP contribution in [-0.4, -0.2) is 18.1 Å². The summed E-state index contributed by atoms with van der Waals surface area (Å²) < 4.78 is 10.2. The lowest BCUT2D eigenvalue weighted by atomic mass is 10.2. The molecule has 5 nitrogen and oxygen atoms in total. The fourth-order valence-electron chi connectivity index (χ4n) is 1.58. The van der Waals surface area contributed by atoms with E-state index in [0.29, 0.717) is 17.2 Å². The van der Waals surface area contributed by atoms with Crippen molar-refractivity contribution in [1.29, 1.82) is 0 Å². The molecule has 0 aliphatic heterocycles. The second kappa shape index (κ2) is 5.39. The predicted molar refractivity (Wildman–Crippen MR) is 71.2 cm³/mol. The molecule has 0 spiro atoms. The number of anilines is 1. The Hall–Kier alpha value is -2.56. The van der Waals surface area contributed by atoms with Crippen molar-refractivity contribution in [1.82, 2.24) is 4.98 Å². The highest BCUT2D eigenvalue weighted by molar-refractivity contribution is 5.87. The molecule has 1 heterocycles. The standard InChI is InChI=1S/C14H14N2O3/c1-9-3-4-13(11(15)7-9)19-10-5-6-16-12(8-10)14(17)18-2/h3-8H,15H2,1-2H3. The van der Waals surface area contributed by atoms with E-state index in [0.717, 1.165) is 5.56 Å². The molecule has 0 saturated carbocycles. The highest BCUT2D eigenvalue weighted by Crippen LogP contribution is 2.28.